The number of anilines is 2. The molecule has 2 saturated heterocycles. The monoisotopic (exact) mass is 511 g/mol. The van der Waals surface area contributed by atoms with E-state index in [-0.39, 0.29) is 11.6 Å². The maximum atomic E-state index is 9.28. The van der Waals surface area contributed by atoms with E-state index in [9.17, 15) is 5.26 Å². The molecule has 0 aliphatic carbocycles. The van der Waals surface area contributed by atoms with Crippen LogP contribution in [0.3, 0.4) is 0 Å². The second-order valence-corrected chi connectivity index (χ2v) is 11.2. The molecule has 1 aromatic heterocycles. The summed E-state index contributed by atoms with van der Waals surface area (Å²) in [6.07, 6.45) is 3.67. The van der Waals surface area contributed by atoms with Gasteiger partial charge in [0.15, 0.2) is 0 Å². The van der Waals surface area contributed by atoms with Crippen molar-refractivity contribution in [1.29, 1.82) is 5.26 Å². The highest BCUT2D eigenvalue weighted by atomic mass is 16.5. The molecule has 2 aromatic carbocycles. The minimum absolute atomic E-state index is 0.00134. The van der Waals surface area contributed by atoms with Gasteiger partial charge in [0, 0.05) is 48.9 Å². The molecule has 1 N–H and O–H groups in total. The van der Waals surface area contributed by atoms with E-state index in [1.807, 2.05) is 0 Å². The van der Waals surface area contributed by atoms with Gasteiger partial charge < -0.3 is 19.9 Å². The second-order valence-electron chi connectivity index (χ2n) is 11.2. The van der Waals surface area contributed by atoms with Gasteiger partial charge in [0.1, 0.15) is 12.4 Å². The van der Waals surface area contributed by atoms with Crippen LogP contribution in [0.2, 0.25) is 0 Å². The van der Waals surface area contributed by atoms with Gasteiger partial charge in [0.05, 0.1) is 30.3 Å². The van der Waals surface area contributed by atoms with Gasteiger partial charge in [-0.2, -0.15) is 15.2 Å². The molecule has 3 aliphatic rings. The molecule has 3 aliphatic heterocycles. The zero-order chi connectivity index (χ0) is 26.1. The lowest BCUT2D eigenvalue weighted by molar-refractivity contribution is 0.107. The summed E-state index contributed by atoms with van der Waals surface area (Å²) in [4.78, 5) is 17.2. The fourth-order valence-corrected chi connectivity index (χ4v) is 6.23. The number of rotatable bonds is 6. The minimum Gasteiger partial charge on any atom is -0.461 e. The first-order chi connectivity index (χ1) is 18.5. The summed E-state index contributed by atoms with van der Waals surface area (Å²) in [5.41, 5.74) is 3.51. The highest BCUT2D eigenvalue weighted by Crippen LogP contribution is 2.35. The van der Waals surface area contributed by atoms with E-state index in [4.69, 9.17) is 14.7 Å². The van der Waals surface area contributed by atoms with Crippen molar-refractivity contribution in [2.75, 3.05) is 56.2 Å². The molecule has 2 fully saturated rings. The fourth-order valence-electron chi connectivity index (χ4n) is 6.23. The Morgan fingerprint density at radius 2 is 1.97 bits per heavy atom. The Morgan fingerprint density at radius 3 is 2.82 bits per heavy atom. The number of hydrogen-bond donors (Lipinski definition) is 1. The van der Waals surface area contributed by atoms with Crippen molar-refractivity contribution in [2.45, 2.75) is 50.7 Å². The van der Waals surface area contributed by atoms with Crippen LogP contribution in [0, 0.1) is 11.3 Å². The lowest BCUT2D eigenvalue weighted by atomic mass is 10.0. The van der Waals surface area contributed by atoms with Gasteiger partial charge in [0.2, 0.25) is 0 Å². The third kappa shape index (κ3) is 4.77. The number of nitriles is 1. The van der Waals surface area contributed by atoms with E-state index in [2.05, 4.69) is 82.5 Å². The molecule has 4 heterocycles. The SMILES string of the molecule is CN1CCCC1(C)COc1nc2c(c(N3CCNC(CC#N)C3)n1)CCN(c1cccc3ccccc13)C2. The van der Waals surface area contributed by atoms with Crippen molar-refractivity contribution in [3.05, 3.63) is 53.7 Å². The van der Waals surface area contributed by atoms with Gasteiger partial charge in [0.25, 0.3) is 0 Å². The Balaban J connectivity index is 1.33. The van der Waals surface area contributed by atoms with Crippen LogP contribution in [0.15, 0.2) is 42.5 Å². The summed E-state index contributed by atoms with van der Waals surface area (Å²) < 4.78 is 6.37. The molecule has 8 heteroatoms. The van der Waals surface area contributed by atoms with Gasteiger partial charge in [-0.25, -0.2) is 0 Å². The summed E-state index contributed by atoms with van der Waals surface area (Å²) >= 11 is 0. The van der Waals surface area contributed by atoms with Crippen LogP contribution in [0.25, 0.3) is 10.8 Å². The maximum absolute atomic E-state index is 9.28. The first-order valence-electron chi connectivity index (χ1n) is 13.9. The van der Waals surface area contributed by atoms with Crippen molar-refractivity contribution in [3.63, 3.8) is 0 Å². The number of likely N-dealkylation sites (N-methyl/N-ethyl adjacent to an activating group) is 1. The molecule has 38 heavy (non-hydrogen) atoms. The molecule has 0 spiro atoms. The smallest absolute Gasteiger partial charge is 0.318 e. The molecule has 3 aromatic rings. The van der Waals surface area contributed by atoms with Crippen LogP contribution < -0.4 is 19.9 Å². The topological polar surface area (TPSA) is 80.5 Å². The van der Waals surface area contributed by atoms with Crippen LogP contribution in [-0.4, -0.2) is 72.8 Å². The molecule has 0 bridgehead atoms. The number of ether oxygens (including phenoxy) is 1. The van der Waals surface area contributed by atoms with E-state index in [0.717, 1.165) is 63.6 Å². The maximum Gasteiger partial charge on any atom is 0.318 e. The predicted octanol–water partition coefficient (Wildman–Crippen LogP) is 3.75. The van der Waals surface area contributed by atoms with E-state index in [1.54, 1.807) is 0 Å². The number of fused-ring (bicyclic) bond motifs is 2. The molecule has 8 nitrogen and oxygen atoms in total. The van der Waals surface area contributed by atoms with Crippen molar-refractivity contribution in [1.82, 2.24) is 20.2 Å². The predicted molar refractivity (Wildman–Crippen MR) is 151 cm³/mol. The Kier molecular flexibility index (Phi) is 6.81. The number of nitrogens with zero attached hydrogens (tertiary/aromatic N) is 6. The van der Waals surface area contributed by atoms with Crippen LogP contribution >= 0.6 is 0 Å². The number of benzene rings is 2. The first-order valence-corrected chi connectivity index (χ1v) is 13.9. The van der Waals surface area contributed by atoms with Crippen LogP contribution in [0.4, 0.5) is 11.5 Å². The van der Waals surface area contributed by atoms with E-state index in [0.29, 0.717) is 19.0 Å². The molecule has 198 valence electrons. The van der Waals surface area contributed by atoms with Gasteiger partial charge >= 0.3 is 6.01 Å². The van der Waals surface area contributed by atoms with Crippen molar-refractivity contribution in [2.24, 2.45) is 0 Å². The number of nitrogens with one attached hydrogen (secondary N) is 1. The largest absolute Gasteiger partial charge is 0.461 e. The summed E-state index contributed by atoms with van der Waals surface area (Å²) in [6.45, 7) is 8.04. The Bertz CT molecular complexity index is 1350. The number of piperazine rings is 1. The molecule has 2 unspecified atom stereocenters. The number of likely N-dealkylation sites (tertiary alicyclic amines) is 1. The number of aromatic nitrogens is 2. The minimum atomic E-state index is 0.00134. The second kappa shape index (κ2) is 10.4. The fraction of sp³-hybridized carbons (Fsp3) is 0.500. The standard InChI is InChI=1S/C30H37N7O/c1-30(13-6-16-35(30)2)21-38-29-33-26-20-36(27-10-5-8-22-7-3-4-9-24(22)27)17-12-25(26)28(34-29)37-18-15-32-23(19-37)11-14-31/h3-5,7-10,23,32H,6,11-13,15-21H2,1-2H3. The van der Waals surface area contributed by atoms with Crippen LogP contribution in [0.1, 0.15) is 37.4 Å². The molecule has 0 saturated carbocycles. The highest BCUT2D eigenvalue weighted by Gasteiger charge is 2.35. The zero-order valence-electron chi connectivity index (χ0n) is 22.5. The van der Waals surface area contributed by atoms with Crippen LogP contribution in [0.5, 0.6) is 6.01 Å². The van der Waals surface area contributed by atoms with Crippen molar-refractivity contribution < 1.29 is 4.74 Å². The zero-order valence-corrected chi connectivity index (χ0v) is 22.5. The molecule has 2 atom stereocenters. The lowest BCUT2D eigenvalue weighted by Gasteiger charge is -2.37. The molecule has 6 rings (SSSR count). The molecular formula is C30H37N7O. The van der Waals surface area contributed by atoms with Crippen molar-refractivity contribution in [3.8, 4) is 12.1 Å². The van der Waals surface area contributed by atoms with Crippen LogP contribution in [-0.2, 0) is 13.0 Å². The highest BCUT2D eigenvalue weighted by molar-refractivity contribution is 5.94. The Morgan fingerprint density at radius 1 is 1.11 bits per heavy atom. The van der Waals surface area contributed by atoms with Gasteiger partial charge in [-0.1, -0.05) is 36.4 Å². The first kappa shape index (κ1) is 24.9. The Labute approximate surface area is 225 Å². The van der Waals surface area contributed by atoms with E-state index in [1.165, 1.54) is 28.4 Å². The van der Waals surface area contributed by atoms with Gasteiger partial charge in [-0.3, -0.25) is 4.90 Å². The molecule has 0 amide bonds. The van der Waals surface area contributed by atoms with Gasteiger partial charge in [-0.05, 0) is 51.2 Å². The third-order valence-corrected chi connectivity index (χ3v) is 8.67. The molecular weight excluding hydrogens is 474 g/mol. The van der Waals surface area contributed by atoms with E-state index < -0.39 is 0 Å². The lowest BCUT2D eigenvalue weighted by Crippen LogP contribution is -2.51. The summed E-state index contributed by atoms with van der Waals surface area (Å²) in [5, 5.41) is 15.3. The Hall–Kier alpha value is -3.41. The third-order valence-electron chi connectivity index (χ3n) is 8.67. The average molecular weight is 512 g/mol. The van der Waals surface area contributed by atoms with E-state index >= 15 is 0 Å². The normalized spacial score (nSPS) is 23.9. The van der Waals surface area contributed by atoms with Gasteiger partial charge in [-0.15, -0.1) is 0 Å². The van der Waals surface area contributed by atoms with Crippen molar-refractivity contribution >= 4 is 22.3 Å². The quantitative estimate of drug-likeness (QED) is 0.536. The summed E-state index contributed by atoms with van der Waals surface area (Å²) in [5.74, 6) is 0.983. The summed E-state index contributed by atoms with van der Waals surface area (Å²) in [6, 6.07) is 18.0. The summed E-state index contributed by atoms with van der Waals surface area (Å²) in [7, 11) is 2.17. The average Bonchev–Trinajstić information content (AvgIpc) is 3.29. The molecule has 0 radical (unpaired) electrons. The number of hydrogen-bond acceptors (Lipinski definition) is 8.